The summed E-state index contributed by atoms with van der Waals surface area (Å²) in [7, 11) is 1.71. The van der Waals surface area contributed by atoms with Gasteiger partial charge in [-0.15, -0.1) is 0 Å². The molecular weight excluding hydrogens is 359 g/mol. The van der Waals surface area contributed by atoms with E-state index in [0.717, 1.165) is 17.9 Å². The lowest BCUT2D eigenvalue weighted by Crippen LogP contribution is -2.59. The first-order valence-electron chi connectivity index (χ1n) is 9.81. The van der Waals surface area contributed by atoms with Gasteiger partial charge in [0.2, 0.25) is 5.91 Å². The van der Waals surface area contributed by atoms with E-state index in [2.05, 4.69) is 18.7 Å². The quantitative estimate of drug-likeness (QED) is 0.730. The lowest BCUT2D eigenvalue weighted by molar-refractivity contribution is -0.137. The van der Waals surface area contributed by atoms with Gasteiger partial charge in [-0.25, -0.2) is 4.39 Å². The van der Waals surface area contributed by atoms with Crippen LogP contribution in [-0.2, 0) is 16.0 Å². The molecule has 1 aliphatic rings. The van der Waals surface area contributed by atoms with E-state index < -0.39 is 5.92 Å². The molecule has 2 heterocycles. The largest absolute Gasteiger partial charge is 0.469 e. The van der Waals surface area contributed by atoms with Crippen LogP contribution in [0.5, 0.6) is 0 Å². The number of amides is 1. The van der Waals surface area contributed by atoms with Crippen molar-refractivity contribution in [2.45, 2.75) is 38.3 Å². The fraction of sp³-hybridized carbons (Fsp3) is 0.500. The molecule has 1 saturated heterocycles. The van der Waals surface area contributed by atoms with Gasteiger partial charge in [-0.2, -0.15) is 0 Å². The van der Waals surface area contributed by atoms with Gasteiger partial charge >= 0.3 is 0 Å². The number of ether oxygens (including phenoxy) is 1. The van der Waals surface area contributed by atoms with Crippen LogP contribution in [0, 0.1) is 5.82 Å². The van der Waals surface area contributed by atoms with Crippen LogP contribution in [0.25, 0.3) is 0 Å². The molecule has 0 spiro atoms. The number of benzene rings is 1. The Morgan fingerprint density at radius 3 is 2.46 bits per heavy atom. The lowest BCUT2D eigenvalue weighted by Gasteiger charge is -2.45. The number of nitrogens with zero attached hydrogens (tertiary/aromatic N) is 2. The maximum absolute atomic E-state index is 13.5. The van der Waals surface area contributed by atoms with Gasteiger partial charge in [0.25, 0.3) is 0 Å². The number of hydrogen-bond acceptors (Lipinski definition) is 4. The van der Waals surface area contributed by atoms with Crippen molar-refractivity contribution in [3.63, 3.8) is 0 Å². The standard InChI is InChI=1S/C22H29FN2O3/c1-16-14-24(15-17(2)25(16)10-12-27-3)22(26)21(13-20-5-4-11-28-20)18-6-8-19(23)9-7-18/h4-9,11,16-17,21H,10,12-15H2,1-3H3. The molecule has 3 unspecified atom stereocenters. The number of carbonyl (C=O) groups is 1. The van der Waals surface area contributed by atoms with Gasteiger partial charge in [0, 0.05) is 45.2 Å². The molecule has 1 aromatic heterocycles. The average Bonchev–Trinajstić information content (AvgIpc) is 3.19. The number of methoxy groups -OCH3 is 1. The second kappa shape index (κ2) is 9.34. The SMILES string of the molecule is COCCN1C(C)CN(C(=O)C(Cc2ccco2)c2ccc(F)cc2)CC1C. The summed E-state index contributed by atoms with van der Waals surface area (Å²) in [5.74, 6) is 0.120. The third-order valence-electron chi connectivity index (χ3n) is 5.52. The van der Waals surface area contributed by atoms with Crippen LogP contribution in [0.4, 0.5) is 4.39 Å². The Kier molecular flexibility index (Phi) is 6.86. The molecular formula is C22H29FN2O3. The normalized spacial score (nSPS) is 21.6. The van der Waals surface area contributed by atoms with Crippen LogP contribution in [0.3, 0.4) is 0 Å². The monoisotopic (exact) mass is 388 g/mol. The number of rotatable bonds is 7. The van der Waals surface area contributed by atoms with Gasteiger partial charge in [0.15, 0.2) is 0 Å². The predicted octanol–water partition coefficient (Wildman–Crippen LogP) is 3.31. The maximum atomic E-state index is 13.5. The Labute approximate surface area is 166 Å². The molecule has 0 bridgehead atoms. The van der Waals surface area contributed by atoms with Crippen molar-refractivity contribution in [3.8, 4) is 0 Å². The summed E-state index contributed by atoms with van der Waals surface area (Å²) in [5, 5.41) is 0. The van der Waals surface area contributed by atoms with Gasteiger partial charge in [-0.1, -0.05) is 12.1 Å². The van der Waals surface area contributed by atoms with Gasteiger partial charge < -0.3 is 14.1 Å². The molecule has 3 rings (SSSR count). The molecule has 1 aliphatic heterocycles. The Morgan fingerprint density at radius 2 is 1.89 bits per heavy atom. The summed E-state index contributed by atoms with van der Waals surface area (Å²) in [6.07, 6.45) is 2.07. The van der Waals surface area contributed by atoms with E-state index in [1.54, 1.807) is 25.5 Å². The van der Waals surface area contributed by atoms with Crippen molar-refractivity contribution < 1.29 is 18.3 Å². The van der Waals surface area contributed by atoms with E-state index >= 15 is 0 Å². The van der Waals surface area contributed by atoms with Gasteiger partial charge in [0.1, 0.15) is 11.6 Å². The van der Waals surface area contributed by atoms with Crippen LogP contribution in [0.15, 0.2) is 47.1 Å². The smallest absolute Gasteiger partial charge is 0.230 e. The Hall–Kier alpha value is -2.18. The van der Waals surface area contributed by atoms with Crippen molar-refractivity contribution in [2.75, 3.05) is 33.4 Å². The molecule has 1 amide bonds. The molecule has 28 heavy (non-hydrogen) atoms. The van der Waals surface area contributed by atoms with E-state index in [0.29, 0.717) is 26.1 Å². The molecule has 5 nitrogen and oxygen atoms in total. The van der Waals surface area contributed by atoms with Gasteiger partial charge in [-0.3, -0.25) is 9.69 Å². The molecule has 0 radical (unpaired) electrons. The third kappa shape index (κ3) is 4.80. The third-order valence-corrected chi connectivity index (χ3v) is 5.52. The van der Waals surface area contributed by atoms with E-state index in [-0.39, 0.29) is 23.8 Å². The van der Waals surface area contributed by atoms with Gasteiger partial charge in [0.05, 0.1) is 18.8 Å². The molecule has 3 atom stereocenters. The van der Waals surface area contributed by atoms with E-state index in [1.807, 2.05) is 17.0 Å². The lowest BCUT2D eigenvalue weighted by atomic mass is 9.92. The summed E-state index contributed by atoms with van der Waals surface area (Å²) in [5.41, 5.74) is 0.810. The zero-order valence-electron chi connectivity index (χ0n) is 16.8. The van der Waals surface area contributed by atoms with Crippen molar-refractivity contribution in [1.29, 1.82) is 0 Å². The molecule has 0 saturated carbocycles. The Balaban J connectivity index is 1.78. The minimum absolute atomic E-state index is 0.0631. The number of halogens is 1. The highest BCUT2D eigenvalue weighted by atomic mass is 19.1. The summed E-state index contributed by atoms with van der Waals surface area (Å²) in [6.45, 7) is 7.16. The van der Waals surface area contributed by atoms with Crippen LogP contribution < -0.4 is 0 Å². The highest BCUT2D eigenvalue weighted by Crippen LogP contribution is 2.26. The second-order valence-electron chi connectivity index (χ2n) is 7.56. The summed E-state index contributed by atoms with van der Waals surface area (Å²) >= 11 is 0. The first kappa shape index (κ1) is 20.6. The minimum atomic E-state index is -0.392. The van der Waals surface area contributed by atoms with Crippen LogP contribution >= 0.6 is 0 Å². The van der Waals surface area contributed by atoms with E-state index in [1.165, 1.54) is 12.1 Å². The first-order valence-corrected chi connectivity index (χ1v) is 9.81. The summed E-state index contributed by atoms with van der Waals surface area (Å²) < 4.78 is 24.1. The van der Waals surface area contributed by atoms with E-state index in [9.17, 15) is 9.18 Å². The average molecular weight is 388 g/mol. The fourth-order valence-corrected chi connectivity index (χ4v) is 4.07. The molecule has 1 aromatic carbocycles. The maximum Gasteiger partial charge on any atom is 0.230 e. The Morgan fingerprint density at radius 1 is 1.21 bits per heavy atom. The van der Waals surface area contributed by atoms with Crippen molar-refractivity contribution in [1.82, 2.24) is 9.80 Å². The molecule has 152 valence electrons. The topological polar surface area (TPSA) is 45.9 Å². The molecule has 6 heteroatoms. The highest BCUT2D eigenvalue weighted by Gasteiger charge is 2.35. The van der Waals surface area contributed by atoms with Gasteiger partial charge in [-0.05, 0) is 43.7 Å². The number of hydrogen-bond donors (Lipinski definition) is 0. The highest BCUT2D eigenvalue weighted by molar-refractivity contribution is 5.84. The first-order chi connectivity index (χ1) is 13.5. The number of carbonyl (C=O) groups excluding carboxylic acids is 1. The zero-order valence-corrected chi connectivity index (χ0v) is 16.8. The predicted molar refractivity (Wildman–Crippen MR) is 106 cm³/mol. The second-order valence-corrected chi connectivity index (χ2v) is 7.56. The van der Waals surface area contributed by atoms with E-state index in [4.69, 9.17) is 9.15 Å². The number of piperazine rings is 1. The van der Waals surface area contributed by atoms with Crippen LogP contribution in [-0.4, -0.2) is 61.1 Å². The fourth-order valence-electron chi connectivity index (χ4n) is 4.07. The molecule has 0 aliphatic carbocycles. The van der Waals surface area contributed by atoms with Crippen LogP contribution in [0.1, 0.15) is 31.1 Å². The summed E-state index contributed by atoms with van der Waals surface area (Å²) in [4.78, 5) is 17.8. The molecule has 2 aromatic rings. The van der Waals surface area contributed by atoms with Crippen molar-refractivity contribution in [3.05, 3.63) is 59.8 Å². The number of furan rings is 1. The Bertz CT molecular complexity index is 736. The molecule has 0 N–H and O–H groups in total. The van der Waals surface area contributed by atoms with Crippen molar-refractivity contribution in [2.24, 2.45) is 0 Å². The zero-order chi connectivity index (χ0) is 20.1. The minimum Gasteiger partial charge on any atom is -0.469 e. The van der Waals surface area contributed by atoms with Crippen LogP contribution in [0.2, 0.25) is 0 Å². The molecule has 1 fully saturated rings. The summed E-state index contributed by atoms with van der Waals surface area (Å²) in [6, 6.07) is 10.4. The van der Waals surface area contributed by atoms with Crippen molar-refractivity contribution >= 4 is 5.91 Å².